The third kappa shape index (κ3) is 2.42. The van der Waals surface area contributed by atoms with E-state index in [0.717, 1.165) is 19.3 Å². The lowest BCUT2D eigenvalue weighted by Gasteiger charge is -2.14. The van der Waals surface area contributed by atoms with Crippen molar-refractivity contribution in [2.24, 2.45) is 11.1 Å². The standard InChI is InChI=1S/C9H16N4O2S/c10-5-4-9(2-3-9)7-12-16(14,15)8-1-6-11-13-8/h1,6,12H,2-5,7,10H2,(H,11,13). The van der Waals surface area contributed by atoms with E-state index < -0.39 is 10.0 Å². The van der Waals surface area contributed by atoms with E-state index in [-0.39, 0.29) is 10.4 Å². The predicted octanol–water partition coefficient (Wildman–Crippen LogP) is -0.183. The van der Waals surface area contributed by atoms with Gasteiger partial charge in [0.05, 0.1) is 6.20 Å². The second-order valence-corrected chi connectivity index (χ2v) is 6.02. The quantitative estimate of drug-likeness (QED) is 0.646. The van der Waals surface area contributed by atoms with E-state index in [1.165, 1.54) is 12.3 Å². The molecule has 90 valence electrons. The van der Waals surface area contributed by atoms with Crippen molar-refractivity contribution in [2.45, 2.75) is 24.3 Å². The van der Waals surface area contributed by atoms with Crippen molar-refractivity contribution in [2.75, 3.05) is 13.1 Å². The molecule has 4 N–H and O–H groups in total. The summed E-state index contributed by atoms with van der Waals surface area (Å²) in [7, 11) is -3.44. The van der Waals surface area contributed by atoms with E-state index in [2.05, 4.69) is 14.9 Å². The highest BCUT2D eigenvalue weighted by Crippen LogP contribution is 2.47. The van der Waals surface area contributed by atoms with Gasteiger partial charge in [-0.25, -0.2) is 13.1 Å². The largest absolute Gasteiger partial charge is 0.330 e. The van der Waals surface area contributed by atoms with Crippen LogP contribution in [0.1, 0.15) is 19.3 Å². The van der Waals surface area contributed by atoms with Crippen molar-refractivity contribution in [3.05, 3.63) is 12.3 Å². The molecule has 6 nitrogen and oxygen atoms in total. The smallest absolute Gasteiger partial charge is 0.257 e. The van der Waals surface area contributed by atoms with Crippen LogP contribution in [0.2, 0.25) is 0 Å². The first-order chi connectivity index (χ1) is 7.58. The molecule has 1 fully saturated rings. The minimum Gasteiger partial charge on any atom is -0.330 e. The summed E-state index contributed by atoms with van der Waals surface area (Å²) in [5.41, 5.74) is 5.59. The van der Waals surface area contributed by atoms with Gasteiger partial charge in [0.15, 0.2) is 5.03 Å². The van der Waals surface area contributed by atoms with Crippen LogP contribution in [0.5, 0.6) is 0 Å². The average molecular weight is 244 g/mol. The first-order valence-electron chi connectivity index (χ1n) is 5.27. The van der Waals surface area contributed by atoms with E-state index in [4.69, 9.17) is 5.73 Å². The zero-order valence-corrected chi connectivity index (χ0v) is 9.76. The fourth-order valence-electron chi connectivity index (χ4n) is 1.72. The minimum atomic E-state index is -3.44. The van der Waals surface area contributed by atoms with Gasteiger partial charge in [0.1, 0.15) is 0 Å². The van der Waals surface area contributed by atoms with E-state index in [1.54, 1.807) is 0 Å². The maximum Gasteiger partial charge on any atom is 0.257 e. The fraction of sp³-hybridized carbons (Fsp3) is 0.667. The molecule has 0 amide bonds. The molecule has 1 aromatic heterocycles. The molecular weight excluding hydrogens is 228 g/mol. The molecule has 1 saturated carbocycles. The summed E-state index contributed by atoms with van der Waals surface area (Å²) in [5.74, 6) is 0. The molecule has 2 rings (SSSR count). The van der Waals surface area contributed by atoms with Gasteiger partial charge in [-0.05, 0) is 37.3 Å². The summed E-state index contributed by atoms with van der Waals surface area (Å²) in [6.45, 7) is 1.07. The van der Waals surface area contributed by atoms with Crippen LogP contribution in [-0.2, 0) is 10.0 Å². The number of aromatic nitrogens is 2. The molecule has 0 saturated heterocycles. The Balaban J connectivity index is 1.96. The third-order valence-corrected chi connectivity index (χ3v) is 4.36. The molecule has 0 radical (unpaired) electrons. The van der Waals surface area contributed by atoms with E-state index >= 15 is 0 Å². The molecule has 1 aromatic rings. The summed E-state index contributed by atoms with van der Waals surface area (Å²) in [6.07, 6.45) is 4.39. The van der Waals surface area contributed by atoms with Gasteiger partial charge < -0.3 is 5.73 Å². The van der Waals surface area contributed by atoms with E-state index in [0.29, 0.717) is 13.1 Å². The lowest BCUT2D eigenvalue weighted by atomic mass is 10.0. The van der Waals surface area contributed by atoms with Crippen LogP contribution >= 0.6 is 0 Å². The van der Waals surface area contributed by atoms with Crippen molar-refractivity contribution >= 4 is 10.0 Å². The van der Waals surface area contributed by atoms with E-state index in [9.17, 15) is 8.42 Å². The second kappa shape index (κ2) is 4.15. The lowest BCUT2D eigenvalue weighted by molar-refractivity contribution is 0.460. The number of aromatic amines is 1. The summed E-state index contributed by atoms with van der Waals surface area (Å²) in [6, 6.07) is 1.44. The topological polar surface area (TPSA) is 101 Å². The molecule has 16 heavy (non-hydrogen) atoms. The molecule has 1 aliphatic rings. The fourth-order valence-corrected chi connectivity index (χ4v) is 2.78. The number of H-pyrrole nitrogens is 1. The first kappa shape index (κ1) is 11.6. The number of nitrogens with one attached hydrogen (secondary N) is 2. The Morgan fingerprint density at radius 3 is 2.81 bits per heavy atom. The Morgan fingerprint density at radius 2 is 2.31 bits per heavy atom. The zero-order valence-electron chi connectivity index (χ0n) is 8.94. The van der Waals surface area contributed by atoms with Gasteiger partial charge in [0.25, 0.3) is 10.0 Å². The number of rotatable bonds is 6. The Labute approximate surface area is 94.7 Å². The molecule has 0 spiro atoms. The Kier molecular flexibility index (Phi) is 3.00. The van der Waals surface area contributed by atoms with Gasteiger partial charge in [-0.1, -0.05) is 0 Å². The second-order valence-electron chi connectivity index (χ2n) is 4.28. The molecular formula is C9H16N4O2S. The zero-order chi connectivity index (χ0) is 11.6. The van der Waals surface area contributed by atoms with Crippen LogP contribution in [-0.4, -0.2) is 31.7 Å². The third-order valence-electron chi connectivity index (χ3n) is 3.03. The molecule has 1 aliphatic carbocycles. The molecule has 1 heterocycles. The highest BCUT2D eigenvalue weighted by atomic mass is 32.2. The maximum absolute atomic E-state index is 11.8. The minimum absolute atomic E-state index is 0.0990. The van der Waals surface area contributed by atoms with Gasteiger partial charge in [-0.3, -0.25) is 5.10 Å². The number of sulfonamides is 1. The van der Waals surface area contributed by atoms with Crippen LogP contribution in [0.25, 0.3) is 0 Å². The molecule has 0 bridgehead atoms. The molecule has 0 atom stereocenters. The highest BCUT2D eigenvalue weighted by Gasteiger charge is 2.42. The van der Waals surface area contributed by atoms with Gasteiger partial charge in [-0.15, -0.1) is 0 Å². The number of hydrogen-bond acceptors (Lipinski definition) is 4. The van der Waals surface area contributed by atoms with Gasteiger partial charge in [0, 0.05) is 6.54 Å². The van der Waals surface area contributed by atoms with Gasteiger partial charge in [0.2, 0.25) is 0 Å². The van der Waals surface area contributed by atoms with Crippen molar-refractivity contribution in [1.82, 2.24) is 14.9 Å². The summed E-state index contributed by atoms with van der Waals surface area (Å²) in [5, 5.41) is 6.17. The first-order valence-corrected chi connectivity index (χ1v) is 6.75. The predicted molar refractivity (Wildman–Crippen MR) is 59.1 cm³/mol. The van der Waals surface area contributed by atoms with Crippen LogP contribution in [0.15, 0.2) is 17.3 Å². The Hall–Kier alpha value is -0.920. The van der Waals surface area contributed by atoms with Gasteiger partial charge in [-0.2, -0.15) is 5.10 Å². The molecule has 7 heteroatoms. The van der Waals surface area contributed by atoms with Crippen LogP contribution in [0.4, 0.5) is 0 Å². The van der Waals surface area contributed by atoms with Crippen LogP contribution < -0.4 is 10.5 Å². The van der Waals surface area contributed by atoms with E-state index in [1.807, 2.05) is 0 Å². The van der Waals surface area contributed by atoms with Crippen LogP contribution in [0.3, 0.4) is 0 Å². The average Bonchev–Trinajstić information content (AvgIpc) is 2.81. The summed E-state index contributed by atoms with van der Waals surface area (Å²) >= 11 is 0. The Bertz CT molecular complexity index is 436. The van der Waals surface area contributed by atoms with Gasteiger partial charge >= 0.3 is 0 Å². The molecule has 0 unspecified atom stereocenters. The number of hydrogen-bond donors (Lipinski definition) is 3. The number of nitrogens with two attached hydrogens (primary N) is 1. The van der Waals surface area contributed by atoms with Crippen molar-refractivity contribution < 1.29 is 8.42 Å². The summed E-state index contributed by atoms with van der Waals surface area (Å²) < 4.78 is 26.1. The SMILES string of the molecule is NCCC1(CNS(=O)(=O)c2ccn[nH]2)CC1. The Morgan fingerprint density at radius 1 is 1.56 bits per heavy atom. The monoisotopic (exact) mass is 244 g/mol. The number of nitrogens with zero attached hydrogens (tertiary/aromatic N) is 1. The van der Waals surface area contributed by atoms with Crippen LogP contribution in [0, 0.1) is 5.41 Å². The van der Waals surface area contributed by atoms with Crippen molar-refractivity contribution in [3.63, 3.8) is 0 Å². The summed E-state index contributed by atoms with van der Waals surface area (Å²) in [4.78, 5) is 0. The molecule has 0 aliphatic heterocycles. The normalized spacial score (nSPS) is 18.6. The van der Waals surface area contributed by atoms with Crippen molar-refractivity contribution in [1.29, 1.82) is 0 Å². The maximum atomic E-state index is 11.8. The van der Waals surface area contributed by atoms with Crippen molar-refractivity contribution in [3.8, 4) is 0 Å². The highest BCUT2D eigenvalue weighted by molar-refractivity contribution is 7.89. The molecule has 0 aromatic carbocycles. The lowest BCUT2D eigenvalue weighted by Crippen LogP contribution is -2.31.